The second-order valence-electron chi connectivity index (χ2n) is 9.45. The molecule has 5 rings (SSSR count). The molecule has 0 fully saturated rings. The first kappa shape index (κ1) is 29.2. The Hall–Kier alpha value is -4.28. The number of rotatable bonds is 12. The van der Waals surface area contributed by atoms with Gasteiger partial charge in [-0.3, -0.25) is 14.5 Å². The van der Waals surface area contributed by atoms with Crippen LogP contribution in [0.1, 0.15) is 42.5 Å². The Morgan fingerprint density at radius 2 is 1.88 bits per heavy atom. The first-order valence-corrected chi connectivity index (χ1v) is 15.2. The fourth-order valence-corrected chi connectivity index (χ4v) is 6.27. The highest BCUT2D eigenvalue weighted by Crippen LogP contribution is 2.44. The van der Waals surface area contributed by atoms with Gasteiger partial charge in [0.15, 0.2) is 15.9 Å². The third-order valence-electron chi connectivity index (χ3n) is 6.55. The summed E-state index contributed by atoms with van der Waals surface area (Å²) in [4.78, 5) is 28.3. The van der Waals surface area contributed by atoms with Crippen LogP contribution in [0.5, 0.6) is 5.75 Å². The molecule has 1 atom stereocenters. The molecule has 214 valence electrons. The van der Waals surface area contributed by atoms with Crippen molar-refractivity contribution >= 4 is 46.0 Å². The number of hydrogen-bond donors (Lipinski definition) is 1. The lowest BCUT2D eigenvalue weighted by Crippen LogP contribution is -2.30. The summed E-state index contributed by atoms with van der Waals surface area (Å²) in [6.07, 6.45) is 4.84. The molecule has 42 heavy (non-hydrogen) atoms. The minimum Gasteiger partial charge on any atom is -0.503 e. The van der Waals surface area contributed by atoms with Crippen LogP contribution in [0.15, 0.2) is 101 Å². The van der Waals surface area contributed by atoms with Gasteiger partial charge in [0, 0.05) is 5.75 Å². The maximum Gasteiger partial charge on any atom is 0.296 e. The van der Waals surface area contributed by atoms with Crippen molar-refractivity contribution in [2.75, 3.05) is 11.5 Å². The highest BCUT2D eigenvalue weighted by Gasteiger charge is 2.45. The van der Waals surface area contributed by atoms with Gasteiger partial charge in [-0.05, 0) is 47.4 Å². The topological polar surface area (TPSA) is 92.6 Å². The van der Waals surface area contributed by atoms with Gasteiger partial charge < -0.3 is 9.84 Å². The number of nitrogens with zero attached hydrogens (tertiary/aromatic N) is 3. The zero-order chi connectivity index (χ0) is 29.5. The van der Waals surface area contributed by atoms with E-state index in [0.717, 1.165) is 29.7 Å². The van der Waals surface area contributed by atoms with E-state index in [1.165, 1.54) is 28.8 Å². The number of amides is 1. The molecule has 1 aromatic heterocycles. The fourth-order valence-electron chi connectivity index (χ4n) is 4.42. The van der Waals surface area contributed by atoms with E-state index in [1.54, 1.807) is 42.5 Å². The Balaban J connectivity index is 1.47. The molecule has 0 aliphatic carbocycles. The lowest BCUT2D eigenvalue weighted by Gasteiger charge is -2.24. The molecule has 3 aromatic carbocycles. The van der Waals surface area contributed by atoms with Crippen LogP contribution in [0.3, 0.4) is 0 Å². The number of thioether (sulfide) groups is 1. The average Bonchev–Trinajstić information content (AvgIpc) is 3.58. The molecule has 1 N–H and O–H groups in total. The van der Waals surface area contributed by atoms with Gasteiger partial charge in [-0.25, -0.2) is 4.39 Å². The molecular weight excluding hydrogens is 574 g/mol. The molecule has 0 spiro atoms. The molecule has 1 aliphatic rings. The number of aromatic nitrogens is 2. The van der Waals surface area contributed by atoms with Gasteiger partial charge in [-0.2, -0.15) is 0 Å². The number of ether oxygens (including phenoxy) is 1. The number of aliphatic hydroxyl groups is 1. The van der Waals surface area contributed by atoms with E-state index in [2.05, 4.69) is 17.1 Å². The quantitative estimate of drug-likeness (QED) is 0.0787. The number of halogens is 1. The third kappa shape index (κ3) is 6.61. The number of carbonyl (C=O) groups excluding carboxylic acids is 2. The Labute approximate surface area is 251 Å². The lowest BCUT2D eigenvalue weighted by molar-refractivity contribution is -0.117. The van der Waals surface area contributed by atoms with Crippen molar-refractivity contribution in [3.05, 3.63) is 119 Å². The van der Waals surface area contributed by atoms with Gasteiger partial charge in [0.1, 0.15) is 11.6 Å². The highest BCUT2D eigenvalue weighted by molar-refractivity contribution is 8.00. The number of ketones is 1. The molecule has 10 heteroatoms. The van der Waals surface area contributed by atoms with Gasteiger partial charge in [-0.1, -0.05) is 103 Å². The second-order valence-corrected chi connectivity index (χ2v) is 11.6. The molecule has 0 radical (unpaired) electrons. The van der Waals surface area contributed by atoms with Crippen LogP contribution in [0, 0.1) is 5.82 Å². The number of benzene rings is 3. The third-order valence-corrected chi connectivity index (χ3v) is 8.66. The Morgan fingerprint density at radius 3 is 2.67 bits per heavy atom. The van der Waals surface area contributed by atoms with E-state index < -0.39 is 23.5 Å². The molecule has 7 nitrogen and oxygen atoms in total. The molecule has 1 unspecified atom stereocenters. The number of aliphatic hydroxyl groups excluding tert-OH is 1. The SMILES string of the molecule is CCCCOc1cccc(C2C(C(=O)C=Cc3ccccc3)=C(O)C(=O)N2c2nnc(SCc3ccccc3F)s2)c1. The Morgan fingerprint density at radius 1 is 1.10 bits per heavy atom. The molecule has 0 saturated carbocycles. The molecular formula is C32H28FN3O4S2. The summed E-state index contributed by atoms with van der Waals surface area (Å²) in [5.41, 5.74) is 1.84. The Bertz CT molecular complexity index is 1640. The van der Waals surface area contributed by atoms with Crippen LogP contribution in [0.25, 0.3) is 6.08 Å². The maximum absolute atomic E-state index is 14.1. The first-order chi connectivity index (χ1) is 20.5. The predicted octanol–water partition coefficient (Wildman–Crippen LogP) is 7.33. The van der Waals surface area contributed by atoms with Gasteiger partial charge >= 0.3 is 0 Å². The van der Waals surface area contributed by atoms with E-state index in [9.17, 15) is 19.1 Å². The van der Waals surface area contributed by atoms with Crippen LogP contribution in [-0.2, 0) is 15.3 Å². The summed E-state index contributed by atoms with van der Waals surface area (Å²) in [5.74, 6) is -1.30. The van der Waals surface area contributed by atoms with E-state index in [1.807, 2.05) is 36.4 Å². The molecule has 4 aromatic rings. The summed E-state index contributed by atoms with van der Waals surface area (Å²) in [6, 6.07) is 21.9. The highest BCUT2D eigenvalue weighted by atomic mass is 32.2. The normalized spacial score (nSPS) is 15.1. The number of anilines is 1. The van der Waals surface area contributed by atoms with Gasteiger partial charge in [0.2, 0.25) is 5.13 Å². The zero-order valence-electron chi connectivity index (χ0n) is 22.8. The van der Waals surface area contributed by atoms with Gasteiger partial charge in [0.25, 0.3) is 5.91 Å². The summed E-state index contributed by atoms with van der Waals surface area (Å²) >= 11 is 2.42. The van der Waals surface area contributed by atoms with E-state index in [-0.39, 0.29) is 16.5 Å². The van der Waals surface area contributed by atoms with Crippen molar-refractivity contribution in [1.29, 1.82) is 0 Å². The first-order valence-electron chi connectivity index (χ1n) is 13.4. The molecule has 0 saturated heterocycles. The van der Waals surface area contributed by atoms with E-state index in [0.29, 0.717) is 33.6 Å². The predicted molar refractivity (Wildman–Crippen MR) is 163 cm³/mol. The fraction of sp³-hybridized carbons (Fsp3) is 0.188. The zero-order valence-corrected chi connectivity index (χ0v) is 24.4. The maximum atomic E-state index is 14.1. The molecule has 0 bridgehead atoms. The number of allylic oxidation sites excluding steroid dienone is 1. The van der Waals surface area contributed by atoms with Crippen LogP contribution >= 0.6 is 23.1 Å². The van der Waals surface area contributed by atoms with Crippen LogP contribution in [0.2, 0.25) is 0 Å². The van der Waals surface area contributed by atoms with Crippen molar-refractivity contribution in [3.8, 4) is 5.75 Å². The number of unbranched alkanes of at least 4 members (excludes halogenated alkanes) is 1. The average molecular weight is 602 g/mol. The summed E-state index contributed by atoms with van der Waals surface area (Å²) in [7, 11) is 0. The van der Waals surface area contributed by atoms with E-state index >= 15 is 0 Å². The summed E-state index contributed by atoms with van der Waals surface area (Å²) < 4.78 is 20.5. The standard InChI is InChI=1S/C32H28FN3O4S2/c1-2-3-18-40-24-14-9-13-22(19-24)28-27(26(37)17-16-21-10-5-4-6-11-21)29(38)30(39)36(28)31-34-35-32(42-31)41-20-23-12-7-8-15-25(23)33/h4-17,19,28,38H,2-3,18,20H2,1H3. The Kier molecular flexibility index (Phi) is 9.45. The number of hydrogen-bond acceptors (Lipinski definition) is 8. The van der Waals surface area contributed by atoms with Crippen molar-refractivity contribution in [1.82, 2.24) is 10.2 Å². The van der Waals surface area contributed by atoms with Crippen molar-refractivity contribution in [3.63, 3.8) is 0 Å². The van der Waals surface area contributed by atoms with Crippen LogP contribution in [0.4, 0.5) is 9.52 Å². The van der Waals surface area contributed by atoms with Crippen LogP contribution in [-0.4, -0.2) is 33.6 Å². The molecule has 1 amide bonds. The minimum atomic E-state index is -0.961. The molecule has 2 heterocycles. The second kappa shape index (κ2) is 13.6. The smallest absolute Gasteiger partial charge is 0.296 e. The van der Waals surface area contributed by atoms with Crippen molar-refractivity contribution in [2.45, 2.75) is 35.9 Å². The summed E-state index contributed by atoms with van der Waals surface area (Å²) in [6.45, 7) is 2.60. The molecule has 1 aliphatic heterocycles. The summed E-state index contributed by atoms with van der Waals surface area (Å²) in [5, 5.41) is 19.7. The van der Waals surface area contributed by atoms with Gasteiger partial charge in [-0.15, -0.1) is 10.2 Å². The largest absolute Gasteiger partial charge is 0.503 e. The monoisotopic (exact) mass is 601 g/mol. The van der Waals surface area contributed by atoms with Crippen LogP contribution < -0.4 is 9.64 Å². The van der Waals surface area contributed by atoms with E-state index in [4.69, 9.17) is 4.74 Å². The van der Waals surface area contributed by atoms with Crippen molar-refractivity contribution < 1.29 is 23.8 Å². The minimum absolute atomic E-state index is 0.0614. The van der Waals surface area contributed by atoms with Gasteiger partial charge in [0.05, 0.1) is 18.2 Å². The van der Waals surface area contributed by atoms with Crippen molar-refractivity contribution in [2.24, 2.45) is 0 Å². The number of carbonyl (C=O) groups is 2. The lowest BCUT2D eigenvalue weighted by atomic mass is 9.95.